The van der Waals surface area contributed by atoms with Crippen molar-refractivity contribution in [1.82, 2.24) is 10.6 Å². The minimum atomic E-state index is -0.573. The van der Waals surface area contributed by atoms with Gasteiger partial charge in [-0.25, -0.2) is 0 Å². The van der Waals surface area contributed by atoms with E-state index < -0.39 is 6.04 Å². The van der Waals surface area contributed by atoms with E-state index in [1.807, 2.05) is 5.38 Å². The number of hydrogen-bond acceptors (Lipinski definition) is 3. The van der Waals surface area contributed by atoms with Crippen LogP contribution in [0.2, 0.25) is 0 Å². The molecular weight excluding hydrogens is 304 g/mol. The number of amides is 2. The summed E-state index contributed by atoms with van der Waals surface area (Å²) in [5, 5.41) is 7.07. The zero-order valence-corrected chi connectivity index (χ0v) is 11.7. The van der Waals surface area contributed by atoms with Crippen molar-refractivity contribution in [3.63, 3.8) is 0 Å². The lowest BCUT2D eigenvalue weighted by Crippen LogP contribution is -2.44. The van der Waals surface area contributed by atoms with Gasteiger partial charge in [-0.15, -0.1) is 11.3 Å². The van der Waals surface area contributed by atoms with Crippen LogP contribution in [0.4, 0.5) is 0 Å². The van der Waals surface area contributed by atoms with Crippen molar-refractivity contribution in [3.8, 4) is 0 Å². The Labute approximate surface area is 112 Å². The zero-order chi connectivity index (χ0) is 12.8. The molecule has 0 bridgehead atoms. The third-order valence-electron chi connectivity index (χ3n) is 1.94. The highest BCUT2D eigenvalue weighted by molar-refractivity contribution is 9.11. The van der Waals surface area contributed by atoms with Crippen LogP contribution in [-0.4, -0.2) is 24.4 Å². The molecule has 1 aromatic rings. The quantitative estimate of drug-likeness (QED) is 0.871. The summed E-state index contributed by atoms with van der Waals surface area (Å²) in [7, 11) is 0. The van der Waals surface area contributed by atoms with Gasteiger partial charge >= 0.3 is 0 Å². The van der Waals surface area contributed by atoms with Crippen LogP contribution in [0.1, 0.15) is 16.6 Å². The van der Waals surface area contributed by atoms with Crippen molar-refractivity contribution in [3.05, 3.63) is 33.5 Å². The Hall–Kier alpha value is -1.14. The smallest absolute Gasteiger partial charge is 0.261 e. The molecule has 1 unspecified atom stereocenters. The van der Waals surface area contributed by atoms with Gasteiger partial charge in [0, 0.05) is 11.0 Å². The van der Waals surface area contributed by atoms with Gasteiger partial charge in [0.1, 0.15) is 6.04 Å². The van der Waals surface area contributed by atoms with Crippen molar-refractivity contribution < 1.29 is 9.59 Å². The third-order valence-corrected chi connectivity index (χ3v) is 3.09. The highest BCUT2D eigenvalue weighted by atomic mass is 79.9. The molecule has 0 fully saturated rings. The SMILES string of the molecule is C=C(Br)CNC(=O)C(C)NC(=O)c1cccs1. The van der Waals surface area contributed by atoms with E-state index in [1.54, 1.807) is 19.1 Å². The third kappa shape index (κ3) is 4.70. The standard InChI is InChI=1S/C11H13BrN2O2S/c1-7(12)6-13-10(15)8(2)14-11(16)9-4-3-5-17-9/h3-5,8H,1,6H2,2H3,(H,13,15)(H,14,16). The van der Waals surface area contributed by atoms with E-state index in [-0.39, 0.29) is 11.8 Å². The lowest BCUT2D eigenvalue weighted by molar-refractivity contribution is -0.122. The van der Waals surface area contributed by atoms with E-state index in [1.165, 1.54) is 11.3 Å². The number of rotatable bonds is 5. The van der Waals surface area contributed by atoms with Crippen LogP contribution < -0.4 is 10.6 Å². The van der Waals surface area contributed by atoms with E-state index in [2.05, 4.69) is 33.1 Å². The lowest BCUT2D eigenvalue weighted by atomic mass is 10.3. The summed E-state index contributed by atoms with van der Waals surface area (Å²) in [5.74, 6) is -0.476. The van der Waals surface area contributed by atoms with E-state index in [9.17, 15) is 9.59 Å². The number of halogens is 1. The highest BCUT2D eigenvalue weighted by Gasteiger charge is 2.16. The molecule has 0 aliphatic heterocycles. The van der Waals surface area contributed by atoms with Crippen molar-refractivity contribution in [2.24, 2.45) is 0 Å². The second-order valence-corrected chi connectivity index (χ2v) is 5.48. The number of hydrogen-bond donors (Lipinski definition) is 2. The molecule has 4 nitrogen and oxygen atoms in total. The minimum absolute atomic E-state index is 0.236. The molecule has 0 aromatic carbocycles. The molecule has 0 spiro atoms. The molecule has 92 valence electrons. The molecule has 1 rings (SSSR count). The Balaban J connectivity index is 2.43. The van der Waals surface area contributed by atoms with Crippen molar-refractivity contribution in [2.45, 2.75) is 13.0 Å². The Morgan fingerprint density at radius 1 is 1.59 bits per heavy atom. The van der Waals surface area contributed by atoms with Crippen molar-refractivity contribution >= 4 is 39.1 Å². The number of thiophene rings is 1. The molecule has 17 heavy (non-hydrogen) atoms. The number of carbonyl (C=O) groups excluding carboxylic acids is 2. The monoisotopic (exact) mass is 316 g/mol. The second-order valence-electron chi connectivity index (χ2n) is 3.41. The predicted octanol–water partition coefficient (Wildman–Crippen LogP) is 1.89. The Morgan fingerprint density at radius 3 is 2.82 bits per heavy atom. The van der Waals surface area contributed by atoms with E-state index >= 15 is 0 Å². The number of carbonyl (C=O) groups is 2. The molecule has 0 radical (unpaired) electrons. The molecule has 6 heteroatoms. The molecule has 0 saturated carbocycles. The first-order chi connectivity index (χ1) is 8.00. The largest absolute Gasteiger partial charge is 0.350 e. The van der Waals surface area contributed by atoms with Gasteiger partial charge in [-0.05, 0) is 18.4 Å². The van der Waals surface area contributed by atoms with Crippen molar-refractivity contribution in [1.29, 1.82) is 0 Å². The van der Waals surface area contributed by atoms with Gasteiger partial charge < -0.3 is 10.6 Å². The molecule has 2 N–H and O–H groups in total. The van der Waals surface area contributed by atoms with Crippen LogP contribution in [0.5, 0.6) is 0 Å². The van der Waals surface area contributed by atoms with Crippen LogP contribution in [0, 0.1) is 0 Å². The summed E-state index contributed by atoms with van der Waals surface area (Å²) >= 11 is 4.48. The van der Waals surface area contributed by atoms with Gasteiger partial charge in [0.25, 0.3) is 5.91 Å². The maximum Gasteiger partial charge on any atom is 0.261 e. The van der Waals surface area contributed by atoms with Gasteiger partial charge in [0.15, 0.2) is 0 Å². The fraction of sp³-hybridized carbons (Fsp3) is 0.273. The van der Waals surface area contributed by atoms with Crippen LogP contribution in [0.3, 0.4) is 0 Å². The van der Waals surface area contributed by atoms with Gasteiger partial charge in [-0.3, -0.25) is 9.59 Å². The summed E-state index contributed by atoms with van der Waals surface area (Å²) in [4.78, 5) is 23.8. The molecule has 0 aliphatic carbocycles. The number of nitrogens with one attached hydrogen (secondary N) is 2. The van der Waals surface area contributed by atoms with E-state index in [4.69, 9.17) is 0 Å². The Bertz CT molecular complexity index is 417. The fourth-order valence-corrected chi connectivity index (χ4v) is 1.84. The van der Waals surface area contributed by atoms with Crippen molar-refractivity contribution in [2.75, 3.05) is 6.54 Å². The molecule has 2 amide bonds. The molecule has 1 heterocycles. The lowest BCUT2D eigenvalue weighted by Gasteiger charge is -2.13. The highest BCUT2D eigenvalue weighted by Crippen LogP contribution is 2.08. The van der Waals surface area contributed by atoms with Crippen LogP contribution >= 0.6 is 27.3 Å². The first kappa shape index (κ1) is 13.9. The van der Waals surface area contributed by atoms with E-state index in [0.717, 1.165) is 0 Å². The molecule has 1 aromatic heterocycles. The zero-order valence-electron chi connectivity index (χ0n) is 9.33. The predicted molar refractivity (Wildman–Crippen MR) is 72.3 cm³/mol. The molecule has 1 atom stereocenters. The van der Waals surface area contributed by atoms with Crippen LogP contribution in [0.15, 0.2) is 28.6 Å². The van der Waals surface area contributed by atoms with Gasteiger partial charge in [0.05, 0.1) is 4.88 Å². The summed E-state index contributed by atoms with van der Waals surface area (Å²) in [5.41, 5.74) is 0. The van der Waals surface area contributed by atoms with Gasteiger partial charge in [-0.1, -0.05) is 28.6 Å². The Morgan fingerprint density at radius 2 is 2.29 bits per heavy atom. The minimum Gasteiger partial charge on any atom is -0.350 e. The normalized spacial score (nSPS) is 11.6. The molecule has 0 saturated heterocycles. The van der Waals surface area contributed by atoms with Crippen LogP contribution in [-0.2, 0) is 4.79 Å². The Kier molecular flexibility index (Phi) is 5.37. The van der Waals surface area contributed by atoms with Gasteiger partial charge in [-0.2, -0.15) is 0 Å². The maximum atomic E-state index is 11.7. The topological polar surface area (TPSA) is 58.2 Å². The average Bonchev–Trinajstić information content (AvgIpc) is 2.78. The first-order valence-corrected chi connectivity index (χ1v) is 6.63. The average molecular weight is 317 g/mol. The maximum absolute atomic E-state index is 11.7. The fourth-order valence-electron chi connectivity index (χ4n) is 1.08. The summed E-state index contributed by atoms with van der Waals surface area (Å²) in [6, 6.07) is 2.93. The van der Waals surface area contributed by atoms with Gasteiger partial charge in [0.2, 0.25) is 5.91 Å². The molecule has 0 aliphatic rings. The van der Waals surface area contributed by atoms with Crippen LogP contribution in [0.25, 0.3) is 0 Å². The summed E-state index contributed by atoms with van der Waals surface area (Å²) in [6.45, 7) is 5.59. The second kappa shape index (κ2) is 6.56. The summed E-state index contributed by atoms with van der Waals surface area (Å²) in [6.07, 6.45) is 0. The summed E-state index contributed by atoms with van der Waals surface area (Å²) < 4.78 is 0.683. The first-order valence-electron chi connectivity index (χ1n) is 4.96. The van der Waals surface area contributed by atoms with E-state index in [0.29, 0.717) is 15.9 Å². The molecular formula is C11H13BrN2O2S.